The molecule has 0 aliphatic carbocycles. The fourth-order valence-electron chi connectivity index (χ4n) is 2.45. The summed E-state index contributed by atoms with van der Waals surface area (Å²) in [6.45, 7) is 4.88. The summed E-state index contributed by atoms with van der Waals surface area (Å²) in [5.41, 5.74) is 5.65. The van der Waals surface area contributed by atoms with Crippen molar-refractivity contribution < 1.29 is 29.4 Å². The molecule has 0 heterocycles. The van der Waals surface area contributed by atoms with Gasteiger partial charge in [-0.25, -0.2) is 4.79 Å². The summed E-state index contributed by atoms with van der Waals surface area (Å²) in [5, 5.41) is 26.6. The van der Waals surface area contributed by atoms with Gasteiger partial charge in [-0.3, -0.25) is 14.4 Å². The summed E-state index contributed by atoms with van der Waals surface area (Å²) in [5.74, 6) is -2.96. The quantitative estimate of drug-likeness (QED) is 0.159. The summed E-state index contributed by atoms with van der Waals surface area (Å²) in [4.78, 5) is 48.9. The molecule has 0 aliphatic heterocycles. The Morgan fingerprint density at radius 3 is 2.00 bits per heavy atom. The molecule has 0 radical (unpaired) electrons. The van der Waals surface area contributed by atoms with E-state index < -0.39 is 54.0 Å². The summed E-state index contributed by atoms with van der Waals surface area (Å²) in [6.07, 6.45) is 1.26. The van der Waals surface area contributed by atoms with Crippen LogP contribution in [0.5, 0.6) is 0 Å². The van der Waals surface area contributed by atoms with Crippen molar-refractivity contribution in [2.24, 2.45) is 11.7 Å². The fraction of sp³-hybridized carbons (Fsp3) is 0.778. The highest BCUT2D eigenvalue weighted by atomic mass is 32.2. The second-order valence-corrected chi connectivity index (χ2v) is 8.42. The van der Waals surface area contributed by atoms with Gasteiger partial charge in [0.1, 0.15) is 18.1 Å². The number of aliphatic hydroxyl groups excluding tert-OH is 1. The van der Waals surface area contributed by atoms with Crippen LogP contribution in [-0.4, -0.2) is 81.9 Å². The van der Waals surface area contributed by atoms with Crippen molar-refractivity contribution in [1.82, 2.24) is 16.0 Å². The Bertz CT molecular complexity index is 593. The number of thioether (sulfide) groups is 1. The van der Waals surface area contributed by atoms with Gasteiger partial charge in [-0.2, -0.15) is 24.4 Å². The zero-order valence-electron chi connectivity index (χ0n) is 17.8. The number of carbonyl (C=O) groups excluding carboxylic acids is 3. The van der Waals surface area contributed by atoms with Gasteiger partial charge in [0.25, 0.3) is 0 Å². The van der Waals surface area contributed by atoms with E-state index in [1.165, 1.54) is 18.7 Å². The van der Waals surface area contributed by atoms with E-state index in [9.17, 15) is 29.4 Å². The fourth-order valence-corrected chi connectivity index (χ4v) is 3.09. The number of carbonyl (C=O) groups is 4. The Labute approximate surface area is 186 Å². The first-order valence-corrected chi connectivity index (χ1v) is 11.7. The van der Waals surface area contributed by atoms with E-state index in [0.29, 0.717) is 12.2 Å². The van der Waals surface area contributed by atoms with Crippen LogP contribution in [0.25, 0.3) is 0 Å². The van der Waals surface area contributed by atoms with E-state index in [1.54, 1.807) is 6.92 Å². The van der Waals surface area contributed by atoms with Crippen LogP contribution in [0.3, 0.4) is 0 Å². The number of carboxylic acids is 1. The van der Waals surface area contributed by atoms with Crippen LogP contribution in [0.1, 0.15) is 33.6 Å². The Kier molecular flexibility index (Phi) is 13.8. The first kappa shape index (κ1) is 28.5. The maximum atomic E-state index is 12.8. The lowest BCUT2D eigenvalue weighted by Gasteiger charge is -2.28. The number of hydrogen-bond donors (Lipinski definition) is 7. The van der Waals surface area contributed by atoms with E-state index in [2.05, 4.69) is 28.6 Å². The zero-order valence-corrected chi connectivity index (χ0v) is 19.5. The normalized spacial score (nSPS) is 17.0. The van der Waals surface area contributed by atoms with E-state index in [4.69, 9.17) is 5.73 Å². The molecule has 12 heteroatoms. The minimum atomic E-state index is -1.39. The summed E-state index contributed by atoms with van der Waals surface area (Å²) >= 11 is 5.39. The van der Waals surface area contributed by atoms with Gasteiger partial charge in [-0.05, 0) is 31.3 Å². The van der Waals surface area contributed by atoms with E-state index in [1.807, 2.05) is 13.2 Å². The van der Waals surface area contributed by atoms with Gasteiger partial charge in [0, 0.05) is 5.75 Å². The third kappa shape index (κ3) is 9.54. The minimum Gasteiger partial charge on any atom is -0.480 e. The molecular weight excluding hydrogens is 432 g/mol. The predicted molar refractivity (Wildman–Crippen MR) is 119 cm³/mol. The molecule has 30 heavy (non-hydrogen) atoms. The Morgan fingerprint density at radius 1 is 1.03 bits per heavy atom. The average molecular weight is 467 g/mol. The summed E-state index contributed by atoms with van der Waals surface area (Å²) < 4.78 is 0. The monoisotopic (exact) mass is 466 g/mol. The number of amides is 3. The Balaban J connectivity index is 5.38. The van der Waals surface area contributed by atoms with Crippen LogP contribution in [0, 0.1) is 5.92 Å². The molecule has 0 saturated heterocycles. The smallest absolute Gasteiger partial charge is 0.326 e. The van der Waals surface area contributed by atoms with Crippen molar-refractivity contribution in [2.75, 3.05) is 17.8 Å². The summed E-state index contributed by atoms with van der Waals surface area (Å²) in [6, 6.07) is -4.44. The Morgan fingerprint density at radius 2 is 1.57 bits per heavy atom. The molecule has 0 bridgehead atoms. The number of nitrogens with two attached hydrogens (primary N) is 1. The lowest BCUT2D eigenvalue weighted by molar-refractivity contribution is -0.143. The van der Waals surface area contributed by atoms with Crippen LogP contribution in [0.15, 0.2) is 0 Å². The largest absolute Gasteiger partial charge is 0.480 e. The van der Waals surface area contributed by atoms with Crippen LogP contribution < -0.4 is 21.7 Å². The van der Waals surface area contributed by atoms with Gasteiger partial charge in [-0.15, -0.1) is 0 Å². The number of aliphatic carboxylic acids is 1. The maximum Gasteiger partial charge on any atom is 0.326 e. The van der Waals surface area contributed by atoms with Crippen LogP contribution in [0.2, 0.25) is 0 Å². The highest BCUT2D eigenvalue weighted by Gasteiger charge is 2.34. The van der Waals surface area contributed by atoms with Crippen molar-refractivity contribution >= 4 is 48.1 Å². The third-order valence-corrected chi connectivity index (χ3v) is 5.65. The molecule has 0 aromatic rings. The first-order valence-electron chi connectivity index (χ1n) is 9.67. The number of rotatable bonds is 14. The van der Waals surface area contributed by atoms with Crippen LogP contribution in [-0.2, 0) is 19.2 Å². The molecule has 6 unspecified atom stereocenters. The molecular formula is C18H34N4O6S2. The number of aliphatic hydroxyl groups is 1. The molecule has 174 valence electrons. The zero-order chi connectivity index (χ0) is 23.4. The molecule has 0 aromatic carbocycles. The second kappa shape index (κ2) is 14.5. The molecule has 10 nitrogen and oxygen atoms in total. The molecule has 0 rings (SSSR count). The van der Waals surface area contributed by atoms with E-state index >= 15 is 0 Å². The topological polar surface area (TPSA) is 171 Å². The minimum absolute atomic E-state index is 0.0893. The van der Waals surface area contributed by atoms with Gasteiger partial charge in [0.2, 0.25) is 17.7 Å². The van der Waals surface area contributed by atoms with Gasteiger partial charge in [0.05, 0.1) is 12.1 Å². The van der Waals surface area contributed by atoms with Gasteiger partial charge < -0.3 is 31.9 Å². The lowest BCUT2D eigenvalue weighted by Crippen LogP contribution is -2.61. The molecule has 6 atom stereocenters. The van der Waals surface area contributed by atoms with Gasteiger partial charge >= 0.3 is 5.97 Å². The van der Waals surface area contributed by atoms with Gasteiger partial charge in [-0.1, -0.05) is 20.3 Å². The van der Waals surface area contributed by atoms with Crippen molar-refractivity contribution in [2.45, 2.75) is 63.9 Å². The number of hydrogen-bond acceptors (Lipinski definition) is 8. The highest BCUT2D eigenvalue weighted by Crippen LogP contribution is 2.10. The second-order valence-electron chi connectivity index (χ2n) is 7.07. The molecule has 0 fully saturated rings. The molecule has 3 amide bonds. The molecule has 0 spiro atoms. The molecule has 7 N–H and O–H groups in total. The average Bonchev–Trinajstić information content (AvgIpc) is 2.70. The number of nitrogens with one attached hydrogen (secondary N) is 3. The SMILES string of the molecule is CCC(C)C(NC(=O)C(N)CS)C(=O)NC(C(=O)NC(CCSC)C(=O)O)C(C)O. The van der Waals surface area contributed by atoms with Crippen molar-refractivity contribution in [3.63, 3.8) is 0 Å². The van der Waals surface area contributed by atoms with Crippen molar-refractivity contribution in [3.8, 4) is 0 Å². The van der Waals surface area contributed by atoms with E-state index in [-0.39, 0.29) is 18.1 Å². The Hall–Kier alpha value is -1.50. The number of carboxylic acid groups (broad SMARTS) is 1. The molecule has 0 aromatic heterocycles. The highest BCUT2D eigenvalue weighted by molar-refractivity contribution is 7.98. The third-order valence-electron chi connectivity index (χ3n) is 4.61. The van der Waals surface area contributed by atoms with Gasteiger partial charge in [0.15, 0.2) is 0 Å². The molecule has 0 saturated carbocycles. The van der Waals surface area contributed by atoms with Crippen LogP contribution in [0.4, 0.5) is 0 Å². The maximum absolute atomic E-state index is 12.8. The molecule has 0 aliphatic rings. The number of thiol groups is 1. The predicted octanol–water partition coefficient (Wildman–Crippen LogP) is -1.04. The van der Waals surface area contributed by atoms with Crippen molar-refractivity contribution in [3.05, 3.63) is 0 Å². The first-order chi connectivity index (χ1) is 14.0. The summed E-state index contributed by atoms with van der Waals surface area (Å²) in [7, 11) is 0. The van der Waals surface area contributed by atoms with Crippen LogP contribution >= 0.6 is 24.4 Å². The standard InChI is InChI=1S/C18H34N4O6S2/c1-5-9(2)13(21-15(24)11(19)8-29)16(25)22-14(10(3)23)17(26)20-12(18(27)28)6-7-30-4/h9-14,23,29H,5-8,19H2,1-4H3,(H,20,26)(H,21,24)(H,22,25)(H,27,28). The van der Waals surface area contributed by atoms with E-state index in [0.717, 1.165) is 0 Å². The lowest BCUT2D eigenvalue weighted by atomic mass is 9.97. The van der Waals surface area contributed by atoms with Crippen molar-refractivity contribution in [1.29, 1.82) is 0 Å².